The number of carbonyl (C=O) groups excluding carboxylic acids is 1. The van der Waals surface area contributed by atoms with Gasteiger partial charge in [-0.1, -0.05) is 19.9 Å². The molecule has 6 heteroatoms. The van der Waals surface area contributed by atoms with E-state index in [0.717, 1.165) is 38.3 Å². The average Bonchev–Trinajstić information content (AvgIpc) is 2.97. The molecule has 3 unspecified atom stereocenters. The van der Waals surface area contributed by atoms with Crippen molar-refractivity contribution in [3.05, 3.63) is 11.6 Å². The van der Waals surface area contributed by atoms with Crippen molar-refractivity contribution in [2.45, 2.75) is 52.1 Å². The quantitative estimate of drug-likeness (QED) is 0.549. The minimum Gasteiger partial charge on any atom is -0.465 e. The number of halogens is 1. The second-order valence-corrected chi connectivity index (χ2v) is 9.46. The van der Waals surface area contributed by atoms with Crippen molar-refractivity contribution in [3.8, 4) is 0 Å². The van der Waals surface area contributed by atoms with Crippen molar-refractivity contribution >= 4 is 18.4 Å². The molecule has 5 nitrogen and oxygen atoms in total. The zero-order valence-corrected chi connectivity index (χ0v) is 17.4. The predicted molar refractivity (Wildman–Crippen MR) is 106 cm³/mol. The lowest BCUT2D eigenvalue weighted by molar-refractivity contribution is -0.148. The van der Waals surface area contributed by atoms with Gasteiger partial charge in [0.15, 0.2) is 0 Å². The van der Waals surface area contributed by atoms with Crippen LogP contribution in [0.5, 0.6) is 0 Å². The van der Waals surface area contributed by atoms with Crippen molar-refractivity contribution < 1.29 is 19.4 Å². The summed E-state index contributed by atoms with van der Waals surface area (Å²) < 4.78 is 11.0. The number of fused-ring (bicyclic) bond motifs is 1. The Hall–Kier alpha value is -0.620. The second kappa shape index (κ2) is 8.02. The Kier molecular flexibility index (Phi) is 6.26. The number of cyclic esters (lactones) is 1. The lowest BCUT2D eigenvalue weighted by atomic mass is 9.49. The van der Waals surface area contributed by atoms with Crippen LogP contribution < -0.4 is 0 Å². The summed E-state index contributed by atoms with van der Waals surface area (Å²) in [6.45, 7) is 8.70. The van der Waals surface area contributed by atoms with E-state index in [4.69, 9.17) is 9.47 Å². The van der Waals surface area contributed by atoms with Crippen LogP contribution in [0.2, 0.25) is 0 Å². The molecule has 2 bridgehead atoms. The van der Waals surface area contributed by atoms with Crippen molar-refractivity contribution in [1.82, 2.24) is 4.90 Å². The topological polar surface area (TPSA) is 59.0 Å². The number of nitrogens with zero attached hydrogens (tertiary/aromatic N) is 1. The van der Waals surface area contributed by atoms with Crippen LogP contribution in [0.4, 0.5) is 0 Å². The van der Waals surface area contributed by atoms with Crippen LogP contribution >= 0.6 is 12.4 Å². The first-order chi connectivity index (χ1) is 12.4. The highest BCUT2D eigenvalue weighted by Gasteiger charge is 2.51. The van der Waals surface area contributed by atoms with Gasteiger partial charge in [-0.15, -0.1) is 12.4 Å². The van der Waals surface area contributed by atoms with Gasteiger partial charge in [0.05, 0.1) is 31.3 Å². The number of hydrogen-bond acceptors (Lipinski definition) is 5. The van der Waals surface area contributed by atoms with Gasteiger partial charge >= 0.3 is 5.97 Å². The van der Waals surface area contributed by atoms with Crippen LogP contribution in [0.25, 0.3) is 0 Å². The van der Waals surface area contributed by atoms with Gasteiger partial charge in [-0.05, 0) is 68.0 Å². The lowest BCUT2D eigenvalue weighted by Gasteiger charge is -2.56. The number of carbonyl (C=O) groups is 1. The van der Waals surface area contributed by atoms with E-state index in [-0.39, 0.29) is 23.8 Å². The third-order valence-corrected chi connectivity index (χ3v) is 7.69. The Bertz CT molecular complexity index is 583. The number of rotatable bonds is 6. The van der Waals surface area contributed by atoms with Gasteiger partial charge in [-0.2, -0.15) is 0 Å². The minimum atomic E-state index is -0.467. The molecule has 3 aliphatic carbocycles. The number of aliphatic hydroxyl groups excluding tert-OH is 1. The average molecular weight is 400 g/mol. The van der Waals surface area contributed by atoms with E-state index in [1.54, 1.807) is 0 Å². The number of piperidine rings is 1. The minimum absolute atomic E-state index is 0. The highest BCUT2D eigenvalue weighted by atomic mass is 35.5. The van der Waals surface area contributed by atoms with Gasteiger partial charge in [-0.25, -0.2) is 0 Å². The second-order valence-electron chi connectivity index (χ2n) is 9.46. The molecule has 3 atom stereocenters. The van der Waals surface area contributed by atoms with Gasteiger partial charge in [-0.3, -0.25) is 4.79 Å². The number of β-amino-alcohol motifs (C(OH)–C–C–N with tert-alkyl or cyclic N) is 1. The number of hydrogen-bond donors (Lipinski definition) is 1. The molecule has 3 fully saturated rings. The standard InChI is InChI=1S/C21H33NO4.ClH/c1-20(2)16-4-3-15(18(20)11-16)13-25-14-17(23)12-22-8-5-21(6-9-22)7-10-26-19(21)24;/h3,16-18,23H,4-14H2,1-2H3;1H. The van der Waals surface area contributed by atoms with E-state index >= 15 is 0 Å². The Morgan fingerprint density at radius 2 is 2.07 bits per heavy atom. The smallest absolute Gasteiger partial charge is 0.312 e. The van der Waals surface area contributed by atoms with E-state index < -0.39 is 6.10 Å². The molecule has 2 heterocycles. The molecule has 2 saturated heterocycles. The van der Waals surface area contributed by atoms with Crippen molar-refractivity contribution in [3.63, 3.8) is 0 Å². The zero-order valence-electron chi connectivity index (χ0n) is 16.6. The third-order valence-electron chi connectivity index (χ3n) is 7.69. The SMILES string of the molecule is CC1(C)C2CC=C(COCC(O)CN3CCC4(CCOC4=O)CC3)C1C2.Cl. The van der Waals surface area contributed by atoms with Gasteiger partial charge in [0.2, 0.25) is 0 Å². The molecule has 0 aromatic heterocycles. The Morgan fingerprint density at radius 1 is 1.33 bits per heavy atom. The zero-order chi connectivity index (χ0) is 18.4. The third kappa shape index (κ3) is 3.93. The van der Waals surface area contributed by atoms with Gasteiger partial charge < -0.3 is 19.5 Å². The highest BCUT2D eigenvalue weighted by Crippen LogP contribution is 2.59. The monoisotopic (exact) mass is 399 g/mol. The molecule has 0 amide bonds. The molecule has 0 aromatic rings. The molecule has 2 aliphatic heterocycles. The van der Waals surface area contributed by atoms with Crippen LogP contribution in [0.3, 0.4) is 0 Å². The van der Waals surface area contributed by atoms with Gasteiger partial charge in [0, 0.05) is 6.54 Å². The molecule has 154 valence electrons. The molecule has 27 heavy (non-hydrogen) atoms. The predicted octanol–water partition coefficient (Wildman–Crippen LogP) is 2.81. The normalized spacial score (nSPS) is 32.3. The molecule has 5 rings (SSSR count). The Labute approximate surface area is 168 Å². The summed E-state index contributed by atoms with van der Waals surface area (Å²) in [6.07, 6.45) is 6.95. The number of esters is 1. The fourth-order valence-corrected chi connectivity index (χ4v) is 5.52. The van der Waals surface area contributed by atoms with Crippen molar-refractivity contribution in [2.75, 3.05) is 39.5 Å². The largest absolute Gasteiger partial charge is 0.465 e. The van der Waals surface area contributed by atoms with Gasteiger partial charge in [0.1, 0.15) is 0 Å². The first-order valence-electron chi connectivity index (χ1n) is 10.2. The van der Waals surface area contributed by atoms with Crippen LogP contribution in [-0.2, 0) is 14.3 Å². The maximum absolute atomic E-state index is 11.9. The summed E-state index contributed by atoms with van der Waals surface area (Å²) in [6, 6.07) is 0. The maximum Gasteiger partial charge on any atom is 0.312 e. The van der Waals surface area contributed by atoms with E-state index in [0.29, 0.717) is 37.7 Å². The van der Waals surface area contributed by atoms with Gasteiger partial charge in [0.25, 0.3) is 0 Å². The molecule has 1 spiro atoms. The van der Waals surface area contributed by atoms with Crippen LogP contribution in [-0.4, -0.2) is 61.5 Å². The summed E-state index contributed by atoms with van der Waals surface area (Å²) in [5.74, 6) is 1.51. The van der Waals surface area contributed by atoms with Crippen LogP contribution in [0.1, 0.15) is 46.0 Å². The lowest BCUT2D eigenvalue weighted by Crippen LogP contribution is -2.49. The number of allylic oxidation sites excluding steroid dienone is 1. The van der Waals surface area contributed by atoms with Crippen LogP contribution in [0.15, 0.2) is 11.6 Å². The molecule has 0 radical (unpaired) electrons. The number of likely N-dealkylation sites (tertiary alicyclic amines) is 1. The first kappa shape index (κ1) is 21.1. The first-order valence-corrected chi connectivity index (χ1v) is 10.2. The summed E-state index contributed by atoms with van der Waals surface area (Å²) in [7, 11) is 0. The Morgan fingerprint density at radius 3 is 2.67 bits per heavy atom. The fourth-order valence-electron chi connectivity index (χ4n) is 5.52. The molecular weight excluding hydrogens is 366 g/mol. The van der Waals surface area contributed by atoms with E-state index in [1.165, 1.54) is 18.4 Å². The highest BCUT2D eigenvalue weighted by molar-refractivity contribution is 5.85. The van der Waals surface area contributed by atoms with E-state index in [9.17, 15) is 9.90 Å². The summed E-state index contributed by atoms with van der Waals surface area (Å²) in [5.41, 5.74) is 1.63. The number of aliphatic hydroxyl groups is 1. The molecule has 1 N–H and O–H groups in total. The summed E-state index contributed by atoms with van der Waals surface area (Å²) in [4.78, 5) is 14.2. The van der Waals surface area contributed by atoms with Crippen molar-refractivity contribution in [2.24, 2.45) is 22.7 Å². The van der Waals surface area contributed by atoms with Crippen molar-refractivity contribution in [1.29, 1.82) is 0 Å². The molecular formula is C21H34ClNO4. The van der Waals surface area contributed by atoms with E-state index in [1.807, 2.05) is 0 Å². The molecule has 0 aromatic carbocycles. The van der Waals surface area contributed by atoms with E-state index in [2.05, 4.69) is 24.8 Å². The maximum atomic E-state index is 11.9. The summed E-state index contributed by atoms with van der Waals surface area (Å²) in [5, 5.41) is 10.3. The molecule has 5 aliphatic rings. The van der Waals surface area contributed by atoms with Crippen LogP contribution in [0, 0.1) is 22.7 Å². The fraction of sp³-hybridized carbons (Fsp3) is 0.857. The Balaban J connectivity index is 0.00000210. The summed E-state index contributed by atoms with van der Waals surface area (Å²) >= 11 is 0. The number of ether oxygens (including phenoxy) is 2. The molecule has 1 saturated carbocycles.